The second-order valence-electron chi connectivity index (χ2n) is 5.60. The summed E-state index contributed by atoms with van der Waals surface area (Å²) < 4.78 is 24.5. The van der Waals surface area contributed by atoms with E-state index in [4.69, 9.17) is 0 Å². The Morgan fingerprint density at radius 1 is 1.12 bits per heavy atom. The maximum atomic E-state index is 11.0. The molecule has 0 spiro atoms. The lowest BCUT2D eigenvalue weighted by Crippen LogP contribution is -2.42. The molecule has 2 aromatic rings. The second-order valence-corrected chi connectivity index (χ2v) is 7.43. The van der Waals surface area contributed by atoms with Gasteiger partial charge in [0, 0.05) is 20.1 Å². The third-order valence-electron chi connectivity index (χ3n) is 3.65. The molecule has 0 saturated heterocycles. The molecular weight excluding hydrogens is 451 g/mol. The highest BCUT2D eigenvalue weighted by molar-refractivity contribution is 14.0. The highest BCUT2D eigenvalue weighted by Crippen LogP contribution is 2.23. The van der Waals surface area contributed by atoms with Crippen LogP contribution in [0.3, 0.4) is 0 Å². The van der Waals surface area contributed by atoms with E-state index in [9.17, 15) is 8.42 Å². The van der Waals surface area contributed by atoms with Gasteiger partial charge in [-0.15, -0.1) is 24.0 Å². The summed E-state index contributed by atoms with van der Waals surface area (Å²) in [5.41, 5.74) is 1.19. The number of aliphatic imine (C=N–C) groups is 1. The number of nitrogens with zero attached hydrogens (tertiary/aromatic N) is 1. The van der Waals surface area contributed by atoms with Gasteiger partial charge in [0.05, 0.1) is 12.3 Å². The second kappa shape index (κ2) is 9.93. The van der Waals surface area contributed by atoms with Crippen LogP contribution in [0.25, 0.3) is 10.8 Å². The van der Waals surface area contributed by atoms with Crippen LogP contribution in [0.2, 0.25) is 0 Å². The topological polar surface area (TPSA) is 82.6 Å². The minimum absolute atomic E-state index is 0. The predicted molar refractivity (Wildman–Crippen MR) is 115 cm³/mol. The smallest absolute Gasteiger partial charge is 0.208 e. The maximum absolute atomic E-state index is 11.0. The number of sulfonamides is 1. The molecule has 0 aliphatic heterocycles. The molecule has 3 N–H and O–H groups in total. The van der Waals surface area contributed by atoms with E-state index in [0.29, 0.717) is 19.0 Å². The summed E-state index contributed by atoms with van der Waals surface area (Å²) in [5, 5.41) is 8.84. The summed E-state index contributed by atoms with van der Waals surface area (Å²) >= 11 is 0. The van der Waals surface area contributed by atoms with E-state index in [1.807, 2.05) is 18.2 Å². The van der Waals surface area contributed by atoms with Crippen molar-refractivity contribution in [2.75, 3.05) is 26.4 Å². The lowest BCUT2D eigenvalue weighted by molar-refractivity contribution is 0.586. The molecule has 0 aromatic heterocycles. The summed E-state index contributed by atoms with van der Waals surface area (Å²) in [6.45, 7) is 2.83. The SMILES string of the molecule is CN=C(NCCNS(C)(=O)=O)NC(C)c1cccc2ccccc12.I. The zero-order valence-electron chi connectivity index (χ0n) is 14.6. The van der Waals surface area contributed by atoms with Crippen molar-refractivity contribution in [3.8, 4) is 0 Å². The van der Waals surface area contributed by atoms with Gasteiger partial charge in [0.25, 0.3) is 0 Å². The molecule has 25 heavy (non-hydrogen) atoms. The van der Waals surface area contributed by atoms with E-state index in [1.165, 1.54) is 16.3 Å². The van der Waals surface area contributed by atoms with Gasteiger partial charge in [-0.3, -0.25) is 4.99 Å². The van der Waals surface area contributed by atoms with Gasteiger partial charge in [-0.2, -0.15) is 0 Å². The molecule has 0 amide bonds. The molecule has 0 bridgehead atoms. The molecule has 138 valence electrons. The Morgan fingerprint density at radius 2 is 1.80 bits per heavy atom. The van der Waals surface area contributed by atoms with Crippen molar-refractivity contribution in [2.24, 2.45) is 4.99 Å². The zero-order valence-corrected chi connectivity index (χ0v) is 17.8. The fraction of sp³-hybridized carbons (Fsp3) is 0.353. The van der Waals surface area contributed by atoms with Crippen LogP contribution in [0, 0.1) is 0 Å². The fourth-order valence-electron chi connectivity index (χ4n) is 2.52. The van der Waals surface area contributed by atoms with Crippen molar-refractivity contribution in [1.29, 1.82) is 0 Å². The molecule has 0 radical (unpaired) electrons. The number of fused-ring (bicyclic) bond motifs is 1. The molecule has 1 unspecified atom stereocenters. The zero-order chi connectivity index (χ0) is 17.6. The van der Waals surface area contributed by atoms with Gasteiger partial charge in [-0.1, -0.05) is 42.5 Å². The summed E-state index contributed by atoms with van der Waals surface area (Å²) in [4.78, 5) is 4.18. The number of nitrogens with one attached hydrogen (secondary N) is 3. The number of rotatable bonds is 6. The minimum atomic E-state index is -3.17. The van der Waals surface area contributed by atoms with E-state index in [2.05, 4.69) is 51.5 Å². The van der Waals surface area contributed by atoms with Gasteiger partial charge in [-0.25, -0.2) is 13.1 Å². The van der Waals surface area contributed by atoms with Gasteiger partial charge in [0.15, 0.2) is 5.96 Å². The molecule has 8 heteroatoms. The largest absolute Gasteiger partial charge is 0.355 e. The Hall–Kier alpha value is -1.39. The van der Waals surface area contributed by atoms with Gasteiger partial charge >= 0.3 is 0 Å². The summed E-state index contributed by atoms with van der Waals surface area (Å²) in [5.74, 6) is 0.630. The van der Waals surface area contributed by atoms with E-state index in [-0.39, 0.29) is 30.0 Å². The lowest BCUT2D eigenvalue weighted by Gasteiger charge is -2.20. The third-order valence-corrected chi connectivity index (χ3v) is 4.38. The molecule has 0 saturated carbocycles. The molecule has 0 aliphatic rings. The number of guanidine groups is 1. The van der Waals surface area contributed by atoms with Gasteiger partial charge in [0.2, 0.25) is 10.0 Å². The summed E-state index contributed by atoms with van der Waals surface area (Å²) in [6.07, 6.45) is 1.14. The average molecular weight is 476 g/mol. The molecule has 0 aliphatic carbocycles. The predicted octanol–water partition coefficient (Wildman–Crippen LogP) is 2.23. The Labute approximate surface area is 166 Å². The van der Waals surface area contributed by atoms with Crippen molar-refractivity contribution >= 4 is 50.7 Å². The van der Waals surface area contributed by atoms with Gasteiger partial charge < -0.3 is 10.6 Å². The van der Waals surface area contributed by atoms with Gasteiger partial charge in [0.1, 0.15) is 0 Å². The Bertz CT molecular complexity index is 819. The highest BCUT2D eigenvalue weighted by atomic mass is 127. The van der Waals surface area contributed by atoms with Gasteiger partial charge in [-0.05, 0) is 23.3 Å². The minimum Gasteiger partial charge on any atom is -0.355 e. The van der Waals surface area contributed by atoms with Crippen molar-refractivity contribution in [2.45, 2.75) is 13.0 Å². The van der Waals surface area contributed by atoms with Crippen LogP contribution < -0.4 is 15.4 Å². The molecule has 0 fully saturated rings. The van der Waals surface area contributed by atoms with Crippen LogP contribution in [0.5, 0.6) is 0 Å². The number of halogens is 1. The van der Waals surface area contributed by atoms with E-state index in [1.54, 1.807) is 7.05 Å². The van der Waals surface area contributed by atoms with Crippen molar-refractivity contribution in [1.82, 2.24) is 15.4 Å². The first-order valence-corrected chi connectivity index (χ1v) is 9.69. The number of benzene rings is 2. The Morgan fingerprint density at radius 3 is 2.48 bits per heavy atom. The molecule has 2 aromatic carbocycles. The van der Waals surface area contributed by atoms with Crippen LogP contribution in [0.4, 0.5) is 0 Å². The van der Waals surface area contributed by atoms with E-state index in [0.717, 1.165) is 6.26 Å². The van der Waals surface area contributed by atoms with Crippen molar-refractivity contribution < 1.29 is 8.42 Å². The van der Waals surface area contributed by atoms with E-state index >= 15 is 0 Å². The van der Waals surface area contributed by atoms with E-state index < -0.39 is 10.0 Å². The van der Waals surface area contributed by atoms with Crippen molar-refractivity contribution in [3.63, 3.8) is 0 Å². The van der Waals surface area contributed by atoms with Crippen LogP contribution in [-0.4, -0.2) is 40.8 Å². The third kappa shape index (κ3) is 6.79. The normalized spacial score (nSPS) is 13.2. The molecule has 0 heterocycles. The molecule has 1 atom stereocenters. The van der Waals surface area contributed by atoms with Crippen LogP contribution in [0.15, 0.2) is 47.5 Å². The van der Waals surface area contributed by atoms with Crippen LogP contribution >= 0.6 is 24.0 Å². The van der Waals surface area contributed by atoms with Crippen LogP contribution in [0.1, 0.15) is 18.5 Å². The highest BCUT2D eigenvalue weighted by Gasteiger charge is 2.10. The lowest BCUT2D eigenvalue weighted by atomic mass is 10.00. The van der Waals surface area contributed by atoms with Crippen LogP contribution in [-0.2, 0) is 10.0 Å². The first-order chi connectivity index (χ1) is 11.4. The Balaban J connectivity index is 0.00000312. The summed E-state index contributed by atoms with van der Waals surface area (Å²) in [6, 6.07) is 14.5. The average Bonchev–Trinajstić information content (AvgIpc) is 2.56. The standard InChI is InChI=1S/C17H24N4O2S.HI/c1-13(15-10-6-8-14-7-4-5-9-16(14)15)21-17(18-2)19-11-12-20-24(3,22)23;/h4-10,13,20H,11-12H2,1-3H3,(H2,18,19,21);1H. The first kappa shape index (κ1) is 21.7. The monoisotopic (exact) mass is 476 g/mol. The fourth-order valence-corrected chi connectivity index (χ4v) is 3.00. The maximum Gasteiger partial charge on any atom is 0.208 e. The Kier molecular flexibility index (Phi) is 8.60. The summed E-state index contributed by atoms with van der Waals surface area (Å²) in [7, 11) is -1.48. The quantitative estimate of drug-likeness (QED) is 0.259. The molecule has 2 rings (SSSR count). The first-order valence-electron chi connectivity index (χ1n) is 7.80. The number of hydrogen-bond acceptors (Lipinski definition) is 3. The molecular formula is C17H25IN4O2S. The molecule has 6 nitrogen and oxygen atoms in total. The van der Waals surface area contributed by atoms with Crippen molar-refractivity contribution in [3.05, 3.63) is 48.0 Å². The number of hydrogen-bond donors (Lipinski definition) is 3.